The van der Waals surface area contributed by atoms with Crippen LogP contribution in [0.25, 0.3) is 0 Å². The second-order valence-corrected chi connectivity index (χ2v) is 7.34. The van der Waals surface area contributed by atoms with Crippen LogP contribution in [0.15, 0.2) is 17.5 Å². The highest BCUT2D eigenvalue weighted by atomic mass is 32.1. The number of rotatable bonds is 5. The van der Waals surface area contributed by atoms with Crippen molar-refractivity contribution in [3.8, 4) is 0 Å². The Bertz CT molecular complexity index is 358. The van der Waals surface area contributed by atoms with Crippen LogP contribution in [-0.2, 0) is 6.54 Å². The van der Waals surface area contributed by atoms with E-state index in [0.717, 1.165) is 18.5 Å². The first kappa shape index (κ1) is 13.6. The molecule has 0 radical (unpaired) electrons. The van der Waals surface area contributed by atoms with Gasteiger partial charge in [0.2, 0.25) is 0 Å². The molecule has 2 nitrogen and oxygen atoms in total. The van der Waals surface area contributed by atoms with Crippen LogP contribution in [0.2, 0.25) is 0 Å². The summed E-state index contributed by atoms with van der Waals surface area (Å²) in [6, 6.07) is 4.34. The first-order valence-electron chi connectivity index (χ1n) is 7.82. The van der Waals surface area contributed by atoms with E-state index in [1.54, 1.807) is 0 Å². The van der Waals surface area contributed by atoms with E-state index >= 15 is 0 Å². The van der Waals surface area contributed by atoms with Crippen LogP contribution in [0.5, 0.6) is 0 Å². The molecular weight excluding hydrogens is 252 g/mol. The fraction of sp³-hybridized carbons (Fsp3) is 0.750. The van der Waals surface area contributed by atoms with Crippen molar-refractivity contribution in [2.24, 2.45) is 5.41 Å². The Hall–Kier alpha value is -0.380. The van der Waals surface area contributed by atoms with Crippen LogP contribution in [0.1, 0.15) is 43.4 Å². The summed E-state index contributed by atoms with van der Waals surface area (Å²) in [5.41, 5.74) is 0.765. The third-order valence-electron chi connectivity index (χ3n) is 5.07. The minimum atomic E-state index is 0.765. The molecule has 3 heteroatoms. The molecule has 1 aromatic rings. The smallest absolute Gasteiger partial charge is 0.0300 e. The Kier molecular flexibility index (Phi) is 4.57. The summed E-state index contributed by atoms with van der Waals surface area (Å²) in [5.74, 6) is 0. The molecule has 19 heavy (non-hydrogen) atoms. The van der Waals surface area contributed by atoms with Gasteiger partial charge in [-0.25, -0.2) is 0 Å². The van der Waals surface area contributed by atoms with Gasteiger partial charge in [-0.2, -0.15) is 0 Å². The van der Waals surface area contributed by atoms with Gasteiger partial charge in [0.15, 0.2) is 0 Å². The van der Waals surface area contributed by atoms with Gasteiger partial charge < -0.3 is 10.2 Å². The van der Waals surface area contributed by atoms with E-state index < -0.39 is 0 Å². The fourth-order valence-electron chi connectivity index (χ4n) is 3.74. The van der Waals surface area contributed by atoms with Crippen molar-refractivity contribution in [2.45, 2.75) is 45.1 Å². The number of thiophene rings is 1. The molecule has 2 aliphatic rings. The average Bonchev–Trinajstić information content (AvgIpc) is 3.09. The highest BCUT2D eigenvalue weighted by Crippen LogP contribution is 2.45. The minimum Gasteiger partial charge on any atom is -0.311 e. The first-order chi connectivity index (χ1) is 9.36. The zero-order valence-corrected chi connectivity index (χ0v) is 12.7. The van der Waals surface area contributed by atoms with Gasteiger partial charge in [-0.1, -0.05) is 18.9 Å². The number of hydrogen-bond acceptors (Lipinski definition) is 3. The van der Waals surface area contributed by atoms with Gasteiger partial charge >= 0.3 is 0 Å². The molecule has 1 aromatic heterocycles. The summed E-state index contributed by atoms with van der Waals surface area (Å²) >= 11 is 1.85. The van der Waals surface area contributed by atoms with Crippen molar-refractivity contribution in [1.82, 2.24) is 10.2 Å². The molecule has 0 aromatic carbocycles. The molecule has 1 saturated heterocycles. The van der Waals surface area contributed by atoms with Crippen molar-refractivity contribution in [3.05, 3.63) is 22.4 Å². The zero-order chi connectivity index (χ0) is 13.0. The van der Waals surface area contributed by atoms with Crippen LogP contribution in [0.4, 0.5) is 0 Å². The van der Waals surface area contributed by atoms with Crippen molar-refractivity contribution in [2.75, 3.05) is 26.2 Å². The van der Waals surface area contributed by atoms with Crippen LogP contribution in [0.3, 0.4) is 0 Å². The molecule has 1 spiro atoms. The Morgan fingerprint density at radius 3 is 2.63 bits per heavy atom. The van der Waals surface area contributed by atoms with Gasteiger partial charge in [0.1, 0.15) is 0 Å². The summed E-state index contributed by atoms with van der Waals surface area (Å²) in [4.78, 5) is 4.11. The molecule has 0 bridgehead atoms. The highest BCUT2D eigenvalue weighted by molar-refractivity contribution is 7.09. The summed E-state index contributed by atoms with van der Waals surface area (Å²) in [5, 5.41) is 5.72. The van der Waals surface area contributed by atoms with Crippen LogP contribution >= 0.6 is 11.3 Å². The molecular formula is C16H26N2S. The summed E-state index contributed by atoms with van der Waals surface area (Å²) in [6.07, 6.45) is 8.91. The van der Waals surface area contributed by atoms with Gasteiger partial charge in [-0.05, 0) is 55.6 Å². The highest BCUT2D eigenvalue weighted by Gasteiger charge is 2.36. The van der Waals surface area contributed by atoms with E-state index in [1.165, 1.54) is 63.0 Å². The van der Waals surface area contributed by atoms with E-state index in [9.17, 15) is 0 Å². The quantitative estimate of drug-likeness (QED) is 0.829. The number of piperidine rings is 1. The van der Waals surface area contributed by atoms with E-state index in [2.05, 4.69) is 27.7 Å². The second-order valence-electron chi connectivity index (χ2n) is 6.30. The van der Waals surface area contributed by atoms with Gasteiger partial charge in [0.05, 0.1) is 0 Å². The topological polar surface area (TPSA) is 15.3 Å². The minimum absolute atomic E-state index is 0.765. The van der Waals surface area contributed by atoms with Crippen LogP contribution < -0.4 is 5.32 Å². The van der Waals surface area contributed by atoms with E-state index in [0.29, 0.717) is 0 Å². The lowest BCUT2D eigenvalue weighted by Crippen LogP contribution is -2.41. The molecule has 0 atom stereocenters. The van der Waals surface area contributed by atoms with E-state index in [4.69, 9.17) is 0 Å². The maximum absolute atomic E-state index is 3.56. The third-order valence-corrected chi connectivity index (χ3v) is 5.94. The Labute approximate surface area is 121 Å². The SMILES string of the molecule is c1csc(CNCCN2CCC3(CCCC3)CC2)c1. The van der Waals surface area contributed by atoms with Gasteiger partial charge in [-0.15, -0.1) is 11.3 Å². The molecule has 1 aliphatic carbocycles. The van der Waals surface area contributed by atoms with E-state index in [-0.39, 0.29) is 0 Å². The Morgan fingerprint density at radius 2 is 1.95 bits per heavy atom. The van der Waals surface area contributed by atoms with E-state index in [1.807, 2.05) is 11.3 Å². The molecule has 3 rings (SSSR count). The number of nitrogens with zero attached hydrogens (tertiary/aromatic N) is 1. The zero-order valence-electron chi connectivity index (χ0n) is 11.9. The Morgan fingerprint density at radius 1 is 1.16 bits per heavy atom. The molecule has 1 saturated carbocycles. The molecule has 1 N–H and O–H groups in total. The molecule has 1 aliphatic heterocycles. The maximum Gasteiger partial charge on any atom is 0.0300 e. The lowest BCUT2D eigenvalue weighted by atomic mass is 9.77. The number of nitrogens with one attached hydrogen (secondary N) is 1. The molecule has 106 valence electrons. The normalized spacial score (nSPS) is 23.2. The van der Waals surface area contributed by atoms with Crippen molar-refractivity contribution in [3.63, 3.8) is 0 Å². The largest absolute Gasteiger partial charge is 0.311 e. The lowest BCUT2D eigenvalue weighted by molar-refractivity contribution is 0.109. The summed E-state index contributed by atoms with van der Waals surface area (Å²) in [7, 11) is 0. The molecule has 2 heterocycles. The third kappa shape index (κ3) is 3.59. The molecule has 0 amide bonds. The maximum atomic E-state index is 3.56. The average molecular weight is 278 g/mol. The molecule has 2 fully saturated rings. The Balaban J connectivity index is 1.31. The number of hydrogen-bond donors (Lipinski definition) is 1. The summed E-state index contributed by atoms with van der Waals surface area (Å²) < 4.78 is 0. The van der Waals surface area contributed by atoms with Crippen LogP contribution in [-0.4, -0.2) is 31.1 Å². The van der Waals surface area contributed by atoms with Gasteiger partial charge in [0.25, 0.3) is 0 Å². The first-order valence-corrected chi connectivity index (χ1v) is 8.70. The van der Waals surface area contributed by atoms with Crippen molar-refractivity contribution in [1.29, 1.82) is 0 Å². The van der Waals surface area contributed by atoms with Gasteiger partial charge in [0, 0.05) is 24.5 Å². The summed E-state index contributed by atoms with van der Waals surface area (Å²) in [6.45, 7) is 6.06. The predicted octanol–water partition coefficient (Wildman–Crippen LogP) is 3.49. The van der Waals surface area contributed by atoms with Crippen molar-refractivity contribution < 1.29 is 0 Å². The van der Waals surface area contributed by atoms with Gasteiger partial charge in [-0.3, -0.25) is 0 Å². The monoisotopic (exact) mass is 278 g/mol. The lowest BCUT2D eigenvalue weighted by Gasteiger charge is -2.39. The van der Waals surface area contributed by atoms with Crippen LogP contribution in [0, 0.1) is 5.41 Å². The van der Waals surface area contributed by atoms with Crippen molar-refractivity contribution >= 4 is 11.3 Å². The number of likely N-dealkylation sites (tertiary alicyclic amines) is 1. The molecule has 0 unspecified atom stereocenters. The standard InChI is InChI=1S/C16H26N2S/c1-2-6-16(5-1)7-10-18(11-8-16)12-9-17-14-15-4-3-13-19-15/h3-4,13,17H,1-2,5-12,14H2. The predicted molar refractivity (Wildman–Crippen MR) is 82.6 cm³/mol. The fourth-order valence-corrected chi connectivity index (χ4v) is 4.41. The second kappa shape index (κ2) is 6.38.